The molecule has 0 aliphatic carbocycles. The van der Waals surface area contributed by atoms with Gasteiger partial charge in [-0.25, -0.2) is 0 Å². The maximum Gasteiger partial charge on any atom is 0.0348 e. The predicted octanol–water partition coefficient (Wildman–Crippen LogP) is 6.82. The zero-order valence-electron chi connectivity index (χ0n) is 14.4. The van der Waals surface area contributed by atoms with Gasteiger partial charge in [0.05, 0.1) is 0 Å². The van der Waals surface area contributed by atoms with Gasteiger partial charge >= 0.3 is 0 Å². The van der Waals surface area contributed by atoms with Crippen LogP contribution in [0.15, 0.2) is 47.8 Å². The number of thiophene rings is 1. The van der Waals surface area contributed by atoms with Crippen LogP contribution in [0.1, 0.15) is 36.1 Å². The van der Waals surface area contributed by atoms with Crippen LogP contribution in [-0.4, -0.2) is 0 Å². The molecule has 0 atom stereocenters. The number of aryl methyl sites for hydroxylation is 4. The van der Waals surface area contributed by atoms with Crippen molar-refractivity contribution < 1.29 is 0 Å². The minimum absolute atomic E-state index is 1.06. The Hall–Kier alpha value is -1.86. The first-order valence-electron chi connectivity index (χ1n) is 8.42. The van der Waals surface area contributed by atoms with Crippen LogP contribution in [0.5, 0.6) is 0 Å². The summed E-state index contributed by atoms with van der Waals surface area (Å²) in [5, 5.41) is 2.17. The van der Waals surface area contributed by atoms with Crippen molar-refractivity contribution in [3.05, 3.63) is 70.1 Å². The van der Waals surface area contributed by atoms with Gasteiger partial charge in [0.15, 0.2) is 0 Å². The highest BCUT2D eigenvalue weighted by molar-refractivity contribution is 7.13. The Balaban J connectivity index is 2.23. The molecule has 0 unspecified atom stereocenters. The van der Waals surface area contributed by atoms with Crippen molar-refractivity contribution >= 4 is 11.3 Å². The standard InChI is InChI=1S/C22H24S/c1-5-17-10-7-9-15(3)21(17)19-13-16(4)22(18(6-2)14-19)20-11-8-12-23-20/h7-14H,5-6H2,1-4H3. The Morgan fingerprint density at radius 2 is 1.57 bits per heavy atom. The molecule has 0 fully saturated rings. The third-order valence-electron chi connectivity index (χ3n) is 4.59. The molecule has 0 amide bonds. The average molecular weight is 321 g/mol. The number of rotatable bonds is 4. The quantitative estimate of drug-likeness (QED) is 0.494. The predicted molar refractivity (Wildman–Crippen MR) is 103 cm³/mol. The van der Waals surface area contributed by atoms with E-state index in [9.17, 15) is 0 Å². The third-order valence-corrected chi connectivity index (χ3v) is 5.48. The highest BCUT2D eigenvalue weighted by Gasteiger charge is 2.14. The van der Waals surface area contributed by atoms with E-state index in [2.05, 4.69) is 75.5 Å². The summed E-state index contributed by atoms with van der Waals surface area (Å²) in [6.07, 6.45) is 2.14. The fourth-order valence-electron chi connectivity index (χ4n) is 3.49. The van der Waals surface area contributed by atoms with Gasteiger partial charge in [0.2, 0.25) is 0 Å². The summed E-state index contributed by atoms with van der Waals surface area (Å²) >= 11 is 1.83. The molecule has 1 heterocycles. The molecular weight excluding hydrogens is 296 g/mol. The van der Waals surface area contributed by atoms with Crippen LogP contribution >= 0.6 is 11.3 Å². The lowest BCUT2D eigenvalue weighted by atomic mass is 9.88. The molecule has 0 spiro atoms. The van der Waals surface area contributed by atoms with Crippen molar-refractivity contribution in [1.82, 2.24) is 0 Å². The van der Waals surface area contributed by atoms with E-state index in [0.29, 0.717) is 0 Å². The molecule has 1 aromatic heterocycles. The van der Waals surface area contributed by atoms with Gasteiger partial charge in [0, 0.05) is 4.88 Å². The van der Waals surface area contributed by atoms with Crippen LogP contribution in [0.2, 0.25) is 0 Å². The van der Waals surface area contributed by atoms with Gasteiger partial charge in [0.1, 0.15) is 0 Å². The molecule has 3 aromatic rings. The van der Waals surface area contributed by atoms with Crippen molar-refractivity contribution in [3.8, 4) is 21.6 Å². The Morgan fingerprint density at radius 3 is 2.22 bits per heavy atom. The lowest BCUT2D eigenvalue weighted by Crippen LogP contribution is -1.96. The minimum Gasteiger partial charge on any atom is -0.144 e. The lowest BCUT2D eigenvalue weighted by molar-refractivity contribution is 1.12. The highest BCUT2D eigenvalue weighted by Crippen LogP contribution is 2.37. The van der Waals surface area contributed by atoms with Crippen LogP contribution in [0.4, 0.5) is 0 Å². The van der Waals surface area contributed by atoms with Gasteiger partial charge in [-0.05, 0) is 77.1 Å². The zero-order chi connectivity index (χ0) is 16.4. The largest absolute Gasteiger partial charge is 0.144 e. The van der Waals surface area contributed by atoms with Gasteiger partial charge in [-0.15, -0.1) is 11.3 Å². The fourth-order valence-corrected chi connectivity index (χ4v) is 4.36. The monoisotopic (exact) mass is 320 g/mol. The molecule has 23 heavy (non-hydrogen) atoms. The molecule has 2 aromatic carbocycles. The summed E-state index contributed by atoms with van der Waals surface area (Å²) in [5.41, 5.74) is 9.86. The van der Waals surface area contributed by atoms with E-state index < -0.39 is 0 Å². The van der Waals surface area contributed by atoms with E-state index >= 15 is 0 Å². The Bertz CT molecular complexity index is 810. The number of benzene rings is 2. The van der Waals surface area contributed by atoms with Crippen LogP contribution in [0.3, 0.4) is 0 Å². The van der Waals surface area contributed by atoms with Crippen molar-refractivity contribution in [2.45, 2.75) is 40.5 Å². The zero-order valence-corrected chi connectivity index (χ0v) is 15.3. The van der Waals surface area contributed by atoms with Crippen LogP contribution in [-0.2, 0) is 12.8 Å². The van der Waals surface area contributed by atoms with E-state index in [1.165, 1.54) is 43.8 Å². The van der Waals surface area contributed by atoms with Crippen LogP contribution in [0, 0.1) is 13.8 Å². The molecule has 1 heteroatoms. The molecule has 0 saturated heterocycles. The van der Waals surface area contributed by atoms with Crippen LogP contribution < -0.4 is 0 Å². The summed E-state index contributed by atoms with van der Waals surface area (Å²) in [4.78, 5) is 1.38. The first-order valence-corrected chi connectivity index (χ1v) is 9.29. The third kappa shape index (κ3) is 2.98. The van der Waals surface area contributed by atoms with Gasteiger partial charge in [-0.3, -0.25) is 0 Å². The molecule has 3 rings (SSSR count). The summed E-state index contributed by atoms with van der Waals surface area (Å²) in [7, 11) is 0. The van der Waals surface area contributed by atoms with E-state index in [1.54, 1.807) is 0 Å². The maximum atomic E-state index is 2.41. The number of hydrogen-bond acceptors (Lipinski definition) is 1. The van der Waals surface area contributed by atoms with E-state index in [0.717, 1.165) is 12.8 Å². The molecule has 0 radical (unpaired) electrons. The molecule has 0 nitrogen and oxygen atoms in total. The molecule has 0 saturated carbocycles. The van der Waals surface area contributed by atoms with Gasteiger partial charge in [-0.2, -0.15) is 0 Å². The summed E-state index contributed by atoms with van der Waals surface area (Å²) in [6.45, 7) is 8.98. The van der Waals surface area contributed by atoms with Crippen molar-refractivity contribution in [3.63, 3.8) is 0 Å². The Labute approximate surface area is 143 Å². The first-order chi connectivity index (χ1) is 11.2. The van der Waals surface area contributed by atoms with Crippen molar-refractivity contribution in [1.29, 1.82) is 0 Å². The van der Waals surface area contributed by atoms with E-state index in [-0.39, 0.29) is 0 Å². The summed E-state index contributed by atoms with van der Waals surface area (Å²) in [5.74, 6) is 0. The van der Waals surface area contributed by atoms with Crippen molar-refractivity contribution in [2.75, 3.05) is 0 Å². The van der Waals surface area contributed by atoms with E-state index in [1.807, 2.05) is 11.3 Å². The van der Waals surface area contributed by atoms with Gasteiger partial charge in [-0.1, -0.05) is 50.2 Å². The second-order valence-corrected chi connectivity index (χ2v) is 7.07. The molecular formula is C22H24S. The summed E-state index contributed by atoms with van der Waals surface area (Å²) in [6, 6.07) is 15.8. The average Bonchev–Trinajstić information content (AvgIpc) is 3.07. The SMILES string of the molecule is CCc1cccc(C)c1-c1cc(C)c(-c2cccs2)c(CC)c1. The number of hydrogen-bond donors (Lipinski definition) is 0. The minimum atomic E-state index is 1.06. The van der Waals surface area contributed by atoms with Crippen LogP contribution in [0.25, 0.3) is 21.6 Å². The van der Waals surface area contributed by atoms with Gasteiger partial charge < -0.3 is 0 Å². The Kier molecular flexibility index (Phi) is 4.68. The topological polar surface area (TPSA) is 0 Å². The maximum absolute atomic E-state index is 2.41. The summed E-state index contributed by atoms with van der Waals surface area (Å²) < 4.78 is 0. The first kappa shape index (κ1) is 16.0. The fraction of sp³-hybridized carbons (Fsp3) is 0.273. The highest BCUT2D eigenvalue weighted by atomic mass is 32.1. The normalized spacial score (nSPS) is 11.0. The lowest BCUT2D eigenvalue weighted by Gasteiger charge is -2.17. The van der Waals surface area contributed by atoms with E-state index in [4.69, 9.17) is 0 Å². The molecule has 0 N–H and O–H groups in total. The Morgan fingerprint density at radius 1 is 0.783 bits per heavy atom. The molecule has 0 aliphatic heterocycles. The van der Waals surface area contributed by atoms with Gasteiger partial charge in [0.25, 0.3) is 0 Å². The second-order valence-electron chi connectivity index (χ2n) is 6.12. The molecule has 0 bridgehead atoms. The second kappa shape index (κ2) is 6.72. The smallest absolute Gasteiger partial charge is 0.0348 e. The molecule has 0 aliphatic rings. The van der Waals surface area contributed by atoms with Crippen molar-refractivity contribution in [2.24, 2.45) is 0 Å². The molecule has 118 valence electrons.